The molecule has 0 aromatic carbocycles. The molecule has 10 heavy (non-hydrogen) atoms. The van der Waals surface area contributed by atoms with Crippen molar-refractivity contribution in [3.05, 3.63) is 24.3 Å². The molecule has 0 unspecified atom stereocenters. The van der Waals surface area contributed by atoms with Crippen LogP contribution in [0.5, 0.6) is 0 Å². The number of carboxylic acid groups (broad SMARTS) is 2. The van der Waals surface area contributed by atoms with Gasteiger partial charge in [0.25, 0.3) is 0 Å². The van der Waals surface area contributed by atoms with E-state index >= 15 is 0 Å². The van der Waals surface area contributed by atoms with Crippen molar-refractivity contribution in [2.24, 2.45) is 0 Å². The second-order valence-corrected chi connectivity index (χ2v) is 1.47. The summed E-state index contributed by atoms with van der Waals surface area (Å²) in [5, 5.41) is 16.7. The van der Waals surface area contributed by atoms with Crippen molar-refractivity contribution in [2.45, 2.75) is 12.8 Å². The molecule has 0 bridgehead atoms. The highest BCUT2D eigenvalue weighted by Crippen LogP contribution is 1.94. The number of hydrogen-bond acceptors (Lipinski definition) is 3. The molecule has 2 aliphatic rings. The smallest absolute Gasteiger partial charge is 0.232 e. The lowest BCUT2D eigenvalue weighted by Crippen LogP contribution is -2.37. The van der Waals surface area contributed by atoms with Crippen LogP contribution in [0.15, 0.2) is 12.2 Å². The van der Waals surface area contributed by atoms with E-state index in [1.54, 1.807) is 0 Å². The number of rotatable bonds is 0. The fraction of sp³-hybridized carbons (Fsp3) is 0.286. The van der Waals surface area contributed by atoms with E-state index < -0.39 is 6.16 Å². The Labute approximate surface area is 59.3 Å². The summed E-state index contributed by atoms with van der Waals surface area (Å²) < 4.78 is 0. The van der Waals surface area contributed by atoms with Crippen LogP contribution in [-0.2, 0) is 0 Å². The van der Waals surface area contributed by atoms with E-state index in [4.69, 9.17) is 15.0 Å². The van der Waals surface area contributed by atoms with Crippen LogP contribution in [0.25, 0.3) is 0 Å². The Morgan fingerprint density at radius 2 is 1.30 bits per heavy atom. The molecule has 0 atom stereocenters. The maximum absolute atomic E-state index is 8.33. The van der Waals surface area contributed by atoms with E-state index in [1.807, 2.05) is 12.2 Å². The van der Waals surface area contributed by atoms with Crippen LogP contribution < -0.4 is 10.2 Å². The molecule has 0 aromatic heterocycles. The van der Waals surface area contributed by atoms with Crippen molar-refractivity contribution in [3.8, 4) is 0 Å². The number of carbonyl (C=O) groups is 1. The molecule has 52 valence electrons. The van der Waals surface area contributed by atoms with Crippen LogP contribution >= 0.6 is 0 Å². The molecule has 0 N–H and O–H groups in total. The Morgan fingerprint density at radius 3 is 1.30 bits per heavy atom. The lowest BCUT2D eigenvalue weighted by atomic mass is 10.9. The predicted octanol–water partition coefficient (Wildman–Crippen LogP) is -0.948. The molecule has 0 saturated heterocycles. The molecular weight excluding hydrogens is 132 g/mol. The van der Waals surface area contributed by atoms with Gasteiger partial charge in [0.1, 0.15) is 0 Å². The van der Waals surface area contributed by atoms with Gasteiger partial charge in [0.15, 0.2) is 0 Å². The minimum Gasteiger partial charge on any atom is -0.652 e. The average molecular weight is 138 g/mol. The topological polar surface area (TPSA) is 63.2 Å². The molecular formula is C7H6O3. The lowest BCUT2D eigenvalue weighted by Gasteiger charge is -1.96. The maximum Gasteiger partial charge on any atom is 0.232 e. The fourth-order valence-corrected chi connectivity index (χ4v) is 0. The molecule has 2 aliphatic carbocycles. The number of carbonyl (C=O) groups excluding carboxylic acids is 1. The third-order valence-corrected chi connectivity index (χ3v) is 0.408. The standard InChI is InChI=1S/2C3H3.CH2O3/c2*1-2-3-1;2-1(3)4/h2*1H,2H2;(H2,2,3,4)/q2*+1;/p-2. The lowest BCUT2D eigenvalue weighted by molar-refractivity contribution is -0.415. The second-order valence-electron chi connectivity index (χ2n) is 1.47. The molecule has 0 radical (unpaired) electrons. The maximum atomic E-state index is 8.33. The zero-order valence-electron chi connectivity index (χ0n) is 5.29. The van der Waals surface area contributed by atoms with Crippen molar-refractivity contribution in [1.82, 2.24) is 0 Å². The van der Waals surface area contributed by atoms with E-state index in [9.17, 15) is 0 Å². The van der Waals surface area contributed by atoms with Gasteiger partial charge in [-0.1, -0.05) is 0 Å². The van der Waals surface area contributed by atoms with Crippen molar-refractivity contribution in [1.29, 1.82) is 0 Å². The first-order valence-corrected chi connectivity index (χ1v) is 2.71. The molecule has 0 aromatic rings. The quantitative estimate of drug-likeness (QED) is 0.405. The monoisotopic (exact) mass is 138 g/mol. The Kier molecular flexibility index (Phi) is 4.89. The summed E-state index contributed by atoms with van der Waals surface area (Å²) in [4.78, 5) is 8.33. The summed E-state index contributed by atoms with van der Waals surface area (Å²) in [5.74, 6) is 0. The highest BCUT2D eigenvalue weighted by molar-refractivity contribution is 5.47. The van der Waals surface area contributed by atoms with Gasteiger partial charge in [0.2, 0.25) is 37.1 Å². The zero-order chi connectivity index (χ0) is 7.82. The zero-order valence-corrected chi connectivity index (χ0v) is 5.29. The number of hydrogen-bond donors (Lipinski definition) is 0. The first kappa shape index (κ1) is 8.57. The molecule has 0 spiro atoms. The van der Waals surface area contributed by atoms with Gasteiger partial charge in [-0.3, -0.25) is 0 Å². The summed E-state index contributed by atoms with van der Waals surface area (Å²) in [6, 6.07) is 0. The van der Waals surface area contributed by atoms with Crippen LogP contribution in [0.1, 0.15) is 12.8 Å². The Balaban J connectivity index is 0.000000122. The minimum atomic E-state index is -2.33. The highest BCUT2D eigenvalue weighted by Gasteiger charge is 2.04. The van der Waals surface area contributed by atoms with Gasteiger partial charge in [-0.2, -0.15) is 0 Å². The first-order chi connectivity index (χ1) is 4.73. The van der Waals surface area contributed by atoms with Gasteiger partial charge in [-0.25, -0.2) is 0 Å². The SMILES string of the molecule is O=C([O-])[O-].[C+]1=CC1.[C+]1=CC1. The largest absolute Gasteiger partial charge is 0.652 e. The molecule has 0 amide bonds. The third kappa shape index (κ3) is 627. The van der Waals surface area contributed by atoms with Crippen LogP contribution in [0.4, 0.5) is 4.79 Å². The summed E-state index contributed by atoms with van der Waals surface area (Å²) in [7, 11) is 0. The van der Waals surface area contributed by atoms with Crippen LogP contribution in [0.3, 0.4) is 0 Å². The van der Waals surface area contributed by atoms with Gasteiger partial charge >= 0.3 is 0 Å². The summed E-state index contributed by atoms with van der Waals surface area (Å²) >= 11 is 0. The summed E-state index contributed by atoms with van der Waals surface area (Å²) in [5.41, 5.74) is 0. The third-order valence-electron chi connectivity index (χ3n) is 0.408. The minimum absolute atomic E-state index is 1.12. The van der Waals surface area contributed by atoms with Gasteiger partial charge in [-0.15, -0.1) is 0 Å². The Bertz CT molecular complexity index is 123. The van der Waals surface area contributed by atoms with Crippen molar-refractivity contribution >= 4 is 6.16 Å². The first-order valence-electron chi connectivity index (χ1n) is 2.71. The number of allylic oxidation sites excluding steroid dienone is 4. The van der Waals surface area contributed by atoms with E-state index in [-0.39, 0.29) is 0 Å². The molecule has 3 heteroatoms. The van der Waals surface area contributed by atoms with E-state index in [2.05, 4.69) is 12.2 Å². The van der Waals surface area contributed by atoms with Gasteiger partial charge in [0, 0.05) is 0 Å². The Hall–Kier alpha value is -1.43. The van der Waals surface area contributed by atoms with Gasteiger partial charge in [-0.05, 0) is 6.16 Å². The second kappa shape index (κ2) is 5.70. The fourth-order valence-electron chi connectivity index (χ4n) is 0. The molecule has 0 fully saturated rings. The van der Waals surface area contributed by atoms with Crippen LogP contribution in [0, 0.1) is 12.2 Å². The summed E-state index contributed by atoms with van der Waals surface area (Å²) in [6.45, 7) is 0. The molecule has 0 saturated carbocycles. The van der Waals surface area contributed by atoms with Gasteiger partial charge < -0.3 is 15.0 Å². The van der Waals surface area contributed by atoms with Crippen molar-refractivity contribution < 1.29 is 15.0 Å². The van der Waals surface area contributed by atoms with Crippen LogP contribution in [0.2, 0.25) is 0 Å². The average Bonchev–Trinajstić information content (AvgIpc) is 2.62. The molecule has 2 rings (SSSR count). The van der Waals surface area contributed by atoms with Gasteiger partial charge in [0.05, 0.1) is 0 Å². The predicted molar refractivity (Wildman–Crippen MR) is 30.3 cm³/mol. The normalized spacial score (nSPS) is 12.0. The van der Waals surface area contributed by atoms with Crippen molar-refractivity contribution in [3.63, 3.8) is 0 Å². The van der Waals surface area contributed by atoms with Crippen molar-refractivity contribution in [2.75, 3.05) is 0 Å². The highest BCUT2D eigenvalue weighted by atomic mass is 16.6. The molecule has 0 aliphatic heterocycles. The van der Waals surface area contributed by atoms with E-state index in [0.29, 0.717) is 0 Å². The Morgan fingerprint density at radius 1 is 1.20 bits per heavy atom. The van der Waals surface area contributed by atoms with E-state index in [1.165, 1.54) is 0 Å². The van der Waals surface area contributed by atoms with E-state index in [0.717, 1.165) is 12.8 Å². The molecule has 0 heterocycles. The summed E-state index contributed by atoms with van der Waals surface area (Å²) in [6.07, 6.45) is 9.67. The van der Waals surface area contributed by atoms with Crippen LogP contribution in [-0.4, -0.2) is 6.16 Å². The molecule has 3 nitrogen and oxygen atoms in total.